The van der Waals surface area contributed by atoms with Crippen molar-refractivity contribution in [3.63, 3.8) is 0 Å². The molecule has 5 N–H and O–H groups in total. The van der Waals surface area contributed by atoms with Gasteiger partial charge in [0.05, 0.1) is 0 Å². The summed E-state index contributed by atoms with van der Waals surface area (Å²) in [7, 11) is -4.67. The molecule has 0 aromatic carbocycles. The van der Waals surface area contributed by atoms with Gasteiger partial charge in [0.15, 0.2) is 17.4 Å². The van der Waals surface area contributed by atoms with Crippen LogP contribution in [0.3, 0.4) is 0 Å². The second-order valence-electron chi connectivity index (χ2n) is 0.448. The molecule has 0 amide bonds. The smallest absolute Gasteiger partial charge is 1.00 e. The molecule has 0 aliphatic rings. The van der Waals surface area contributed by atoms with Crippen LogP contribution >= 0.6 is 0 Å². The van der Waals surface area contributed by atoms with Crippen molar-refractivity contribution in [2.75, 3.05) is 0 Å². The Morgan fingerprint density at radius 3 is 1.25 bits per heavy atom. The third kappa shape index (κ3) is 98.1. The van der Waals surface area contributed by atoms with Gasteiger partial charge in [-0.05, 0) is 0 Å². The summed E-state index contributed by atoms with van der Waals surface area (Å²) in [6, 6.07) is 0. The molecule has 0 bridgehead atoms. The van der Waals surface area contributed by atoms with Gasteiger partial charge in [-0.2, -0.15) is 8.42 Å². The minimum absolute atomic E-state index is 0. The largest absolute Gasteiger partial charge is 1.00 e. The van der Waals surface area contributed by atoms with Crippen LogP contribution in [-0.4, -0.2) is 34.9 Å². The van der Waals surface area contributed by atoms with Gasteiger partial charge in [-0.15, -0.1) is 0 Å². The molecule has 0 radical (unpaired) electrons. The van der Waals surface area contributed by atoms with E-state index in [1.807, 2.05) is 0 Å². The molecule has 0 atom stereocenters. The standard InChI is InChI=1S/Al.K.H3N.H2O4S.4H/c;;;1-5(2,3)4;;;;/h;;1H3;(H2,1,2,3,4);;;;/q;+1;;;;;;-1. The van der Waals surface area contributed by atoms with Crippen LogP contribution in [0.4, 0.5) is 0 Å². The van der Waals surface area contributed by atoms with Crippen LogP contribution in [0, 0.1) is 0 Å². The van der Waals surface area contributed by atoms with Crippen molar-refractivity contribution in [2.45, 2.75) is 0 Å². The summed E-state index contributed by atoms with van der Waals surface area (Å²) >= 11 is 0. The van der Waals surface area contributed by atoms with E-state index >= 15 is 0 Å². The first kappa shape index (κ1) is 22.5. The maximum Gasteiger partial charge on any atom is 1.00 e. The van der Waals surface area contributed by atoms with Crippen LogP contribution in [0.5, 0.6) is 0 Å². The van der Waals surface area contributed by atoms with Crippen molar-refractivity contribution in [1.82, 2.24) is 6.15 Å². The summed E-state index contributed by atoms with van der Waals surface area (Å²) in [5.74, 6) is 0. The monoisotopic (exact) mass is 185 g/mol. The van der Waals surface area contributed by atoms with E-state index in [9.17, 15) is 0 Å². The Morgan fingerprint density at radius 2 is 1.25 bits per heavy atom. The molecule has 0 fully saturated rings. The van der Waals surface area contributed by atoms with Gasteiger partial charge in [0.1, 0.15) is 0 Å². The predicted octanol–water partition coefficient (Wildman–Crippen LogP) is -4.56. The van der Waals surface area contributed by atoms with Crippen LogP contribution in [0.1, 0.15) is 1.43 Å². The topological polar surface area (TPSA) is 110 Å². The molecule has 5 nitrogen and oxygen atoms in total. The maximum atomic E-state index is 8.74. The zero-order valence-electron chi connectivity index (χ0n) is 4.83. The molecule has 0 saturated carbocycles. The molecule has 0 unspecified atom stereocenters. The molecule has 8 heavy (non-hydrogen) atoms. The second-order valence-corrected chi connectivity index (χ2v) is 1.34. The van der Waals surface area contributed by atoms with Gasteiger partial charge >= 0.3 is 61.8 Å². The molecule has 0 spiro atoms. The molecule has 0 aliphatic carbocycles. The summed E-state index contributed by atoms with van der Waals surface area (Å²) in [6.45, 7) is 0. The molecule has 0 aromatic rings. The summed E-state index contributed by atoms with van der Waals surface area (Å²) < 4.78 is 31.6. The van der Waals surface area contributed by atoms with Crippen molar-refractivity contribution in [3.8, 4) is 0 Å². The molecular weight excluding hydrogens is 176 g/mol. The van der Waals surface area contributed by atoms with Crippen molar-refractivity contribution in [1.29, 1.82) is 0 Å². The first-order chi connectivity index (χ1) is 2.00. The van der Waals surface area contributed by atoms with Gasteiger partial charge < -0.3 is 7.58 Å². The predicted molar refractivity (Wildman–Crippen MR) is 30.3 cm³/mol. The number of rotatable bonds is 0. The normalized spacial score (nSPS) is 7.25. The molecule has 8 heteroatoms. The van der Waals surface area contributed by atoms with Gasteiger partial charge in [-0.1, -0.05) is 0 Å². The first-order valence-electron chi connectivity index (χ1n) is 0.698. The number of hydrogen-bond donors (Lipinski definition) is 3. The van der Waals surface area contributed by atoms with E-state index < -0.39 is 10.4 Å². The summed E-state index contributed by atoms with van der Waals surface area (Å²) in [5.41, 5.74) is 0. The Balaban J connectivity index is -0.0000000133. The molecule has 0 heterocycles. The SMILES string of the molecule is N.O=S(=O)(O)O.[AlH3].[H-].[K+]. The molecular formula is H9AlKNO4S. The van der Waals surface area contributed by atoms with Gasteiger partial charge in [0, 0.05) is 0 Å². The van der Waals surface area contributed by atoms with E-state index in [-0.39, 0.29) is 76.3 Å². The van der Waals surface area contributed by atoms with E-state index in [4.69, 9.17) is 17.5 Å². The van der Waals surface area contributed by atoms with E-state index in [2.05, 4.69) is 0 Å². The fourth-order valence-corrected chi connectivity index (χ4v) is 0. The minimum atomic E-state index is -4.67. The fraction of sp³-hybridized carbons (Fsp3) is 0. The van der Waals surface area contributed by atoms with Gasteiger partial charge in [-0.25, -0.2) is 0 Å². The average Bonchev–Trinajstić information content (AvgIpc) is 0.722. The third-order valence-electron chi connectivity index (χ3n) is 0. The number of hydrogen-bond acceptors (Lipinski definition) is 3. The van der Waals surface area contributed by atoms with Crippen LogP contribution < -0.4 is 57.5 Å². The van der Waals surface area contributed by atoms with Crippen LogP contribution in [0.2, 0.25) is 0 Å². The van der Waals surface area contributed by atoms with E-state index in [0.29, 0.717) is 0 Å². The van der Waals surface area contributed by atoms with Crippen molar-refractivity contribution >= 4 is 27.8 Å². The Labute approximate surface area is 102 Å². The van der Waals surface area contributed by atoms with Crippen molar-refractivity contribution in [2.24, 2.45) is 0 Å². The van der Waals surface area contributed by atoms with Crippen LogP contribution in [-0.2, 0) is 10.4 Å². The Morgan fingerprint density at radius 1 is 1.25 bits per heavy atom. The Hall–Kier alpha value is 2.00. The van der Waals surface area contributed by atoms with Gasteiger partial charge in [0.2, 0.25) is 0 Å². The first-order valence-corrected chi connectivity index (χ1v) is 2.10. The average molecular weight is 185 g/mol. The molecule has 0 aliphatic heterocycles. The Kier molecular flexibility index (Phi) is 25.3. The Bertz CT molecular complexity index is 104. The molecule has 48 valence electrons. The third-order valence-corrected chi connectivity index (χ3v) is 0. The summed E-state index contributed by atoms with van der Waals surface area (Å²) in [4.78, 5) is 0. The second kappa shape index (κ2) is 9.00. The molecule has 0 rings (SSSR count). The van der Waals surface area contributed by atoms with Gasteiger partial charge in [-0.3, -0.25) is 9.11 Å². The van der Waals surface area contributed by atoms with E-state index in [1.165, 1.54) is 0 Å². The van der Waals surface area contributed by atoms with Gasteiger partial charge in [0.25, 0.3) is 0 Å². The zero-order valence-corrected chi connectivity index (χ0v) is 7.77. The molecule has 0 aromatic heterocycles. The van der Waals surface area contributed by atoms with Crippen LogP contribution in [0.25, 0.3) is 0 Å². The van der Waals surface area contributed by atoms with Crippen molar-refractivity contribution < 1.29 is 70.3 Å². The minimum Gasteiger partial charge on any atom is -1.00 e. The van der Waals surface area contributed by atoms with E-state index in [0.717, 1.165) is 0 Å². The summed E-state index contributed by atoms with van der Waals surface area (Å²) in [6.07, 6.45) is 0. The van der Waals surface area contributed by atoms with Crippen LogP contribution in [0.15, 0.2) is 0 Å². The van der Waals surface area contributed by atoms with Crippen molar-refractivity contribution in [3.05, 3.63) is 0 Å². The zero-order chi connectivity index (χ0) is 4.50. The maximum absolute atomic E-state index is 8.74. The summed E-state index contributed by atoms with van der Waals surface area (Å²) in [5, 5.41) is 0. The van der Waals surface area contributed by atoms with E-state index in [1.54, 1.807) is 0 Å². The molecule has 0 saturated heterocycles. The fourth-order valence-electron chi connectivity index (χ4n) is 0. The quantitative estimate of drug-likeness (QED) is 0.260.